The Labute approximate surface area is 179 Å². The van der Waals surface area contributed by atoms with E-state index in [2.05, 4.69) is 22.3 Å². The van der Waals surface area contributed by atoms with Crippen LogP contribution in [-0.4, -0.2) is 36.0 Å². The Kier molecular flexibility index (Phi) is 8.03. The van der Waals surface area contributed by atoms with Crippen molar-refractivity contribution in [1.82, 2.24) is 10.2 Å². The van der Waals surface area contributed by atoms with Crippen molar-refractivity contribution in [3.8, 4) is 0 Å². The number of likely N-dealkylation sites (tertiary alicyclic amines) is 1. The van der Waals surface area contributed by atoms with E-state index >= 15 is 0 Å². The van der Waals surface area contributed by atoms with E-state index in [4.69, 9.17) is 4.74 Å². The van der Waals surface area contributed by atoms with E-state index in [0.29, 0.717) is 0 Å². The number of hydrogen-bond donors (Lipinski definition) is 1. The summed E-state index contributed by atoms with van der Waals surface area (Å²) in [6.45, 7) is 6.25. The van der Waals surface area contributed by atoms with Crippen molar-refractivity contribution in [1.29, 1.82) is 0 Å². The van der Waals surface area contributed by atoms with Crippen molar-refractivity contribution in [2.75, 3.05) is 13.1 Å². The van der Waals surface area contributed by atoms with Crippen LogP contribution in [-0.2, 0) is 20.9 Å². The summed E-state index contributed by atoms with van der Waals surface area (Å²) < 4.78 is 5.31. The summed E-state index contributed by atoms with van der Waals surface area (Å²) in [5.41, 5.74) is 2.18. The number of rotatable bonds is 8. The molecule has 1 heterocycles. The Bertz CT molecular complexity index is 808. The lowest BCUT2D eigenvalue weighted by atomic mass is 9.95. The van der Waals surface area contributed by atoms with Crippen LogP contribution in [0.3, 0.4) is 0 Å². The maximum absolute atomic E-state index is 13.1. The van der Waals surface area contributed by atoms with Crippen molar-refractivity contribution in [3.05, 3.63) is 71.8 Å². The molecule has 0 aliphatic carbocycles. The molecule has 0 bridgehead atoms. The predicted molar refractivity (Wildman–Crippen MR) is 118 cm³/mol. The molecular formula is C25H32N2O3. The highest BCUT2D eigenvalue weighted by molar-refractivity contribution is 5.80. The molecule has 2 aromatic rings. The summed E-state index contributed by atoms with van der Waals surface area (Å²) in [4.78, 5) is 27.7. The third-order valence-electron chi connectivity index (χ3n) is 5.38. The van der Waals surface area contributed by atoms with Gasteiger partial charge in [-0.25, -0.2) is 0 Å². The summed E-state index contributed by atoms with van der Waals surface area (Å²) in [6.07, 6.45) is 1.83. The smallest absolute Gasteiger partial charge is 0.308 e. The molecule has 5 nitrogen and oxygen atoms in total. The zero-order valence-electron chi connectivity index (χ0n) is 17.9. The minimum absolute atomic E-state index is 0.0129. The quantitative estimate of drug-likeness (QED) is 0.668. The number of ether oxygens (including phenoxy) is 1. The number of esters is 1. The first-order chi connectivity index (χ1) is 14.5. The number of carbonyl (C=O) groups is 2. The first kappa shape index (κ1) is 22.0. The molecular weight excluding hydrogens is 376 g/mol. The van der Waals surface area contributed by atoms with Gasteiger partial charge < -0.3 is 10.1 Å². The lowest BCUT2D eigenvalue weighted by molar-refractivity contribution is -0.148. The third-order valence-corrected chi connectivity index (χ3v) is 5.38. The summed E-state index contributed by atoms with van der Waals surface area (Å²) in [7, 11) is 0. The van der Waals surface area contributed by atoms with E-state index in [-0.39, 0.29) is 36.4 Å². The fourth-order valence-electron chi connectivity index (χ4n) is 3.96. The second kappa shape index (κ2) is 10.9. The molecule has 1 amide bonds. The zero-order chi connectivity index (χ0) is 21.3. The van der Waals surface area contributed by atoms with E-state index in [1.165, 1.54) is 5.56 Å². The SMILES string of the molecule is CC(C)OC(=O)CC(NC(=O)C1CCCN(Cc2ccccc2)C1)c1ccccc1. The topological polar surface area (TPSA) is 58.6 Å². The highest BCUT2D eigenvalue weighted by atomic mass is 16.5. The number of carbonyl (C=O) groups excluding carboxylic acids is 2. The lowest BCUT2D eigenvalue weighted by Crippen LogP contribution is -2.44. The number of amides is 1. The third kappa shape index (κ3) is 6.70. The van der Waals surface area contributed by atoms with Crippen LogP contribution in [0.1, 0.15) is 50.3 Å². The van der Waals surface area contributed by atoms with Crippen LogP contribution in [0.4, 0.5) is 0 Å². The molecule has 1 aliphatic heterocycles. The molecule has 1 fully saturated rings. The maximum atomic E-state index is 13.1. The Hall–Kier alpha value is -2.66. The Morgan fingerprint density at radius 2 is 1.73 bits per heavy atom. The van der Waals surface area contributed by atoms with Gasteiger partial charge in [-0.05, 0) is 44.4 Å². The fraction of sp³-hybridized carbons (Fsp3) is 0.440. The van der Waals surface area contributed by atoms with Gasteiger partial charge in [0.1, 0.15) is 0 Å². The van der Waals surface area contributed by atoms with Crippen LogP contribution in [0.5, 0.6) is 0 Å². The van der Waals surface area contributed by atoms with E-state index in [9.17, 15) is 9.59 Å². The van der Waals surface area contributed by atoms with Gasteiger partial charge in [-0.2, -0.15) is 0 Å². The summed E-state index contributed by atoms with van der Waals surface area (Å²) in [5, 5.41) is 3.13. The molecule has 2 atom stereocenters. The van der Waals surface area contributed by atoms with Crippen molar-refractivity contribution >= 4 is 11.9 Å². The van der Waals surface area contributed by atoms with Crippen molar-refractivity contribution < 1.29 is 14.3 Å². The highest BCUT2D eigenvalue weighted by Crippen LogP contribution is 2.22. The summed E-state index contributed by atoms with van der Waals surface area (Å²) >= 11 is 0. The number of nitrogens with zero attached hydrogens (tertiary/aromatic N) is 1. The molecule has 160 valence electrons. The van der Waals surface area contributed by atoms with E-state index in [1.54, 1.807) is 0 Å². The Morgan fingerprint density at radius 1 is 1.07 bits per heavy atom. The van der Waals surface area contributed by atoms with Crippen LogP contribution in [0.15, 0.2) is 60.7 Å². The zero-order valence-corrected chi connectivity index (χ0v) is 17.9. The second-order valence-electron chi connectivity index (χ2n) is 8.27. The Balaban J connectivity index is 1.63. The van der Waals surface area contributed by atoms with Gasteiger partial charge in [0.05, 0.1) is 24.5 Å². The first-order valence-electron chi connectivity index (χ1n) is 10.8. The summed E-state index contributed by atoms with van der Waals surface area (Å²) in [6, 6.07) is 19.6. The number of benzene rings is 2. The van der Waals surface area contributed by atoms with E-state index in [1.807, 2.05) is 62.4 Å². The van der Waals surface area contributed by atoms with Crippen LogP contribution < -0.4 is 5.32 Å². The molecule has 2 aromatic carbocycles. The van der Waals surface area contributed by atoms with Gasteiger partial charge in [-0.1, -0.05) is 60.7 Å². The molecule has 0 saturated carbocycles. The van der Waals surface area contributed by atoms with Gasteiger partial charge in [-0.3, -0.25) is 14.5 Å². The van der Waals surface area contributed by atoms with Crippen molar-refractivity contribution in [3.63, 3.8) is 0 Å². The van der Waals surface area contributed by atoms with Crippen LogP contribution in [0.2, 0.25) is 0 Å². The molecule has 0 radical (unpaired) electrons. The fourth-order valence-corrected chi connectivity index (χ4v) is 3.96. The van der Waals surface area contributed by atoms with E-state index in [0.717, 1.165) is 38.0 Å². The lowest BCUT2D eigenvalue weighted by Gasteiger charge is -2.33. The molecule has 3 rings (SSSR count). The monoisotopic (exact) mass is 408 g/mol. The average Bonchev–Trinajstić information content (AvgIpc) is 2.74. The molecule has 1 N–H and O–H groups in total. The summed E-state index contributed by atoms with van der Waals surface area (Å²) in [5.74, 6) is -0.359. The first-order valence-corrected chi connectivity index (χ1v) is 10.8. The van der Waals surface area contributed by atoms with Gasteiger partial charge in [-0.15, -0.1) is 0 Å². The number of piperidine rings is 1. The van der Waals surface area contributed by atoms with Gasteiger partial charge >= 0.3 is 5.97 Å². The molecule has 1 saturated heterocycles. The standard InChI is InChI=1S/C25H32N2O3/c1-19(2)30-24(28)16-23(21-12-7-4-8-13-21)26-25(29)22-14-9-15-27(18-22)17-20-10-5-3-6-11-20/h3-8,10-13,19,22-23H,9,14-18H2,1-2H3,(H,26,29). The molecule has 5 heteroatoms. The molecule has 2 unspecified atom stereocenters. The van der Waals surface area contributed by atoms with E-state index < -0.39 is 0 Å². The minimum atomic E-state index is -0.380. The minimum Gasteiger partial charge on any atom is -0.463 e. The van der Waals surface area contributed by atoms with Gasteiger partial charge in [0.25, 0.3) is 0 Å². The van der Waals surface area contributed by atoms with Crippen LogP contribution in [0.25, 0.3) is 0 Å². The van der Waals surface area contributed by atoms with Crippen LogP contribution in [0, 0.1) is 5.92 Å². The maximum Gasteiger partial charge on any atom is 0.308 e. The average molecular weight is 409 g/mol. The molecule has 30 heavy (non-hydrogen) atoms. The number of nitrogens with one attached hydrogen (secondary N) is 1. The molecule has 0 aromatic heterocycles. The van der Waals surface area contributed by atoms with Gasteiger partial charge in [0.15, 0.2) is 0 Å². The molecule has 0 spiro atoms. The van der Waals surface area contributed by atoms with Gasteiger partial charge in [0, 0.05) is 13.1 Å². The van der Waals surface area contributed by atoms with Crippen molar-refractivity contribution in [2.45, 2.75) is 51.8 Å². The van der Waals surface area contributed by atoms with Crippen LogP contribution >= 0.6 is 0 Å². The largest absolute Gasteiger partial charge is 0.463 e. The molecule has 1 aliphatic rings. The highest BCUT2D eigenvalue weighted by Gasteiger charge is 2.28. The van der Waals surface area contributed by atoms with Crippen molar-refractivity contribution in [2.24, 2.45) is 5.92 Å². The number of hydrogen-bond acceptors (Lipinski definition) is 4. The normalized spacial score (nSPS) is 18.0. The second-order valence-corrected chi connectivity index (χ2v) is 8.27. The predicted octanol–water partition coefficient (Wildman–Crippen LogP) is 4.10. The van der Waals surface area contributed by atoms with Gasteiger partial charge in [0.2, 0.25) is 5.91 Å². The Morgan fingerprint density at radius 3 is 2.40 bits per heavy atom.